The van der Waals surface area contributed by atoms with Crippen LogP contribution in [-0.2, 0) is 9.59 Å². The second-order valence-corrected chi connectivity index (χ2v) is 7.32. The van der Waals surface area contributed by atoms with Gasteiger partial charge in [0.1, 0.15) is 5.75 Å². The third-order valence-corrected chi connectivity index (χ3v) is 3.18. The van der Waals surface area contributed by atoms with E-state index in [0.29, 0.717) is 18.1 Å². The molecule has 1 rings (SSSR count). The van der Waals surface area contributed by atoms with Crippen molar-refractivity contribution < 1.29 is 14.3 Å². The molecule has 0 aliphatic carbocycles. The average molecular weight is 320 g/mol. The Bertz CT molecular complexity index is 560. The molecular formula is C18H28N2O3. The molecule has 0 aromatic heterocycles. The molecule has 0 atom stereocenters. The van der Waals surface area contributed by atoms with Gasteiger partial charge < -0.3 is 4.74 Å². The first-order valence-corrected chi connectivity index (χ1v) is 7.89. The number of hydrogen-bond acceptors (Lipinski definition) is 3. The van der Waals surface area contributed by atoms with E-state index in [1.165, 1.54) is 0 Å². The molecule has 0 saturated heterocycles. The van der Waals surface area contributed by atoms with Gasteiger partial charge in [0.15, 0.2) is 6.61 Å². The third-order valence-electron chi connectivity index (χ3n) is 3.18. The van der Waals surface area contributed by atoms with Gasteiger partial charge in [-0.2, -0.15) is 0 Å². The van der Waals surface area contributed by atoms with E-state index in [1.54, 1.807) is 0 Å². The molecule has 0 spiro atoms. The third kappa shape index (κ3) is 7.17. The number of amides is 2. The number of carbonyl (C=O) groups is 2. The summed E-state index contributed by atoms with van der Waals surface area (Å²) in [6.07, 6.45) is 0.337. The molecule has 5 nitrogen and oxygen atoms in total. The molecule has 0 bridgehead atoms. The van der Waals surface area contributed by atoms with Crippen LogP contribution >= 0.6 is 0 Å². The SMILES string of the molecule is Cc1ccc(C(C)C)c(OCC(=O)NNC(=O)CC(C)(C)C)c1. The quantitative estimate of drug-likeness (QED) is 0.819. The topological polar surface area (TPSA) is 67.4 Å². The maximum absolute atomic E-state index is 11.8. The van der Waals surface area contributed by atoms with Gasteiger partial charge in [-0.3, -0.25) is 20.4 Å². The summed E-state index contributed by atoms with van der Waals surface area (Å²) in [5.74, 6) is 0.407. The predicted octanol–water partition coefficient (Wildman–Crippen LogP) is 3.08. The highest BCUT2D eigenvalue weighted by atomic mass is 16.5. The molecule has 2 amide bonds. The fourth-order valence-electron chi connectivity index (χ4n) is 2.09. The van der Waals surface area contributed by atoms with Crippen molar-refractivity contribution in [2.24, 2.45) is 5.41 Å². The van der Waals surface area contributed by atoms with Crippen molar-refractivity contribution in [3.63, 3.8) is 0 Å². The standard InChI is InChI=1S/C18H28N2O3/c1-12(2)14-8-7-13(3)9-15(14)23-11-17(22)20-19-16(21)10-18(4,5)6/h7-9,12H,10-11H2,1-6H3,(H,19,21)(H,20,22). The minimum Gasteiger partial charge on any atom is -0.483 e. The number of benzene rings is 1. The first-order chi connectivity index (χ1) is 10.6. The van der Waals surface area contributed by atoms with Gasteiger partial charge in [-0.05, 0) is 35.4 Å². The Kier molecular flexibility index (Phi) is 6.61. The Morgan fingerprint density at radius 3 is 2.30 bits per heavy atom. The molecule has 1 aromatic carbocycles. The maximum Gasteiger partial charge on any atom is 0.276 e. The number of carbonyl (C=O) groups excluding carboxylic acids is 2. The summed E-state index contributed by atoms with van der Waals surface area (Å²) < 4.78 is 5.61. The van der Waals surface area contributed by atoms with E-state index in [2.05, 4.69) is 24.7 Å². The molecule has 0 aliphatic rings. The van der Waals surface area contributed by atoms with Gasteiger partial charge in [0.25, 0.3) is 5.91 Å². The molecule has 2 N–H and O–H groups in total. The van der Waals surface area contributed by atoms with E-state index >= 15 is 0 Å². The van der Waals surface area contributed by atoms with Crippen molar-refractivity contribution in [2.75, 3.05) is 6.61 Å². The molecule has 0 unspecified atom stereocenters. The van der Waals surface area contributed by atoms with Crippen LogP contribution in [0, 0.1) is 12.3 Å². The highest BCUT2D eigenvalue weighted by molar-refractivity contribution is 5.83. The number of rotatable bonds is 5. The Morgan fingerprint density at radius 2 is 1.74 bits per heavy atom. The number of hydrazine groups is 1. The van der Waals surface area contributed by atoms with Crippen molar-refractivity contribution in [3.8, 4) is 5.75 Å². The molecule has 128 valence electrons. The Hall–Kier alpha value is -2.04. The predicted molar refractivity (Wildman–Crippen MR) is 91.1 cm³/mol. The summed E-state index contributed by atoms with van der Waals surface area (Å²) in [4.78, 5) is 23.5. The molecule has 0 fully saturated rings. The summed E-state index contributed by atoms with van der Waals surface area (Å²) in [5, 5.41) is 0. The van der Waals surface area contributed by atoms with Gasteiger partial charge in [0, 0.05) is 6.42 Å². The van der Waals surface area contributed by atoms with Gasteiger partial charge in [0.2, 0.25) is 5.91 Å². The summed E-state index contributed by atoms with van der Waals surface area (Å²) in [5.41, 5.74) is 6.78. The van der Waals surface area contributed by atoms with Crippen LogP contribution in [0.4, 0.5) is 0 Å². The van der Waals surface area contributed by atoms with Crippen LogP contribution < -0.4 is 15.6 Å². The largest absolute Gasteiger partial charge is 0.483 e. The zero-order valence-electron chi connectivity index (χ0n) is 14.9. The van der Waals surface area contributed by atoms with Crippen molar-refractivity contribution in [3.05, 3.63) is 29.3 Å². The zero-order valence-corrected chi connectivity index (χ0v) is 14.9. The second kappa shape index (κ2) is 7.99. The average Bonchev–Trinajstić information content (AvgIpc) is 2.40. The highest BCUT2D eigenvalue weighted by Gasteiger charge is 2.16. The van der Waals surface area contributed by atoms with Crippen LogP contribution in [0.3, 0.4) is 0 Å². The molecular weight excluding hydrogens is 292 g/mol. The Balaban J connectivity index is 2.51. The van der Waals surface area contributed by atoms with E-state index in [0.717, 1.165) is 11.1 Å². The molecule has 1 aromatic rings. The summed E-state index contributed by atoms with van der Waals surface area (Å²) >= 11 is 0. The van der Waals surface area contributed by atoms with Crippen LogP contribution in [-0.4, -0.2) is 18.4 Å². The Labute approximate surface area is 138 Å². The lowest BCUT2D eigenvalue weighted by Crippen LogP contribution is -2.44. The Morgan fingerprint density at radius 1 is 1.13 bits per heavy atom. The number of hydrogen-bond donors (Lipinski definition) is 2. The lowest BCUT2D eigenvalue weighted by Gasteiger charge is -2.18. The molecule has 0 saturated carbocycles. The molecule has 23 heavy (non-hydrogen) atoms. The van der Waals surface area contributed by atoms with E-state index in [1.807, 2.05) is 45.9 Å². The maximum atomic E-state index is 11.8. The fraction of sp³-hybridized carbons (Fsp3) is 0.556. The monoisotopic (exact) mass is 320 g/mol. The van der Waals surface area contributed by atoms with E-state index in [-0.39, 0.29) is 23.8 Å². The minimum absolute atomic E-state index is 0.126. The van der Waals surface area contributed by atoms with Crippen molar-refractivity contribution in [1.82, 2.24) is 10.9 Å². The molecule has 0 aliphatic heterocycles. The van der Waals surface area contributed by atoms with Crippen LogP contribution in [0.25, 0.3) is 0 Å². The fourth-order valence-corrected chi connectivity index (χ4v) is 2.09. The van der Waals surface area contributed by atoms with Gasteiger partial charge in [-0.1, -0.05) is 46.8 Å². The normalized spacial score (nSPS) is 11.3. The van der Waals surface area contributed by atoms with E-state index in [4.69, 9.17) is 4.74 Å². The molecule has 5 heteroatoms. The summed E-state index contributed by atoms with van der Waals surface area (Å²) in [7, 11) is 0. The van der Waals surface area contributed by atoms with E-state index in [9.17, 15) is 9.59 Å². The van der Waals surface area contributed by atoms with Crippen LogP contribution in [0.15, 0.2) is 18.2 Å². The van der Waals surface area contributed by atoms with Crippen LogP contribution in [0.2, 0.25) is 0 Å². The number of nitrogens with one attached hydrogen (secondary N) is 2. The highest BCUT2D eigenvalue weighted by Crippen LogP contribution is 2.27. The number of aryl methyl sites for hydroxylation is 1. The summed E-state index contributed by atoms with van der Waals surface area (Å²) in [6.45, 7) is 11.9. The lowest BCUT2D eigenvalue weighted by molar-refractivity contribution is -0.130. The molecule has 0 heterocycles. The van der Waals surface area contributed by atoms with E-state index < -0.39 is 0 Å². The van der Waals surface area contributed by atoms with Crippen molar-refractivity contribution in [2.45, 2.75) is 53.9 Å². The van der Waals surface area contributed by atoms with Gasteiger partial charge in [0.05, 0.1) is 0 Å². The van der Waals surface area contributed by atoms with Gasteiger partial charge >= 0.3 is 0 Å². The van der Waals surface area contributed by atoms with Crippen LogP contribution in [0.5, 0.6) is 5.75 Å². The molecule has 0 radical (unpaired) electrons. The van der Waals surface area contributed by atoms with Gasteiger partial charge in [-0.25, -0.2) is 0 Å². The zero-order chi connectivity index (χ0) is 17.6. The lowest BCUT2D eigenvalue weighted by atomic mass is 9.92. The second-order valence-electron chi connectivity index (χ2n) is 7.32. The smallest absolute Gasteiger partial charge is 0.276 e. The van der Waals surface area contributed by atoms with Crippen molar-refractivity contribution >= 4 is 11.8 Å². The first kappa shape index (κ1) is 19.0. The first-order valence-electron chi connectivity index (χ1n) is 7.89. The van der Waals surface area contributed by atoms with Gasteiger partial charge in [-0.15, -0.1) is 0 Å². The summed E-state index contributed by atoms with van der Waals surface area (Å²) in [6, 6.07) is 5.95. The minimum atomic E-state index is -0.386. The number of ether oxygens (including phenoxy) is 1. The van der Waals surface area contributed by atoms with Crippen LogP contribution in [0.1, 0.15) is 58.1 Å². The van der Waals surface area contributed by atoms with Crippen molar-refractivity contribution in [1.29, 1.82) is 0 Å².